The van der Waals surface area contributed by atoms with Gasteiger partial charge in [0.25, 0.3) is 0 Å². The fraction of sp³-hybridized carbons (Fsp3) is 0.500. The monoisotopic (exact) mass is 260 g/mol. The second-order valence-corrected chi connectivity index (χ2v) is 4.17. The van der Waals surface area contributed by atoms with E-state index >= 15 is 0 Å². The zero-order valence-corrected chi connectivity index (χ0v) is 11.4. The molecule has 0 spiro atoms. The molecule has 0 radical (unpaired) electrons. The van der Waals surface area contributed by atoms with Crippen LogP contribution in [-0.4, -0.2) is 34.9 Å². The van der Waals surface area contributed by atoms with Crippen LogP contribution in [0.5, 0.6) is 0 Å². The van der Waals surface area contributed by atoms with Gasteiger partial charge in [-0.3, -0.25) is 0 Å². The SMILES string of the molecule is CCOCC.[Br-].[Mg+][c]1cccs1. The Labute approximate surface area is 102 Å². The Morgan fingerprint density at radius 3 is 2.08 bits per heavy atom. The first kappa shape index (κ1) is 15.4. The predicted octanol–water partition coefficient (Wildman–Crippen LogP) is -1.41. The van der Waals surface area contributed by atoms with Crippen LogP contribution in [0.25, 0.3) is 0 Å². The van der Waals surface area contributed by atoms with Gasteiger partial charge in [-0.1, -0.05) is 0 Å². The molecule has 0 unspecified atom stereocenters. The van der Waals surface area contributed by atoms with Gasteiger partial charge in [0.15, 0.2) is 0 Å². The van der Waals surface area contributed by atoms with Crippen molar-refractivity contribution in [1.82, 2.24) is 0 Å². The number of thiophene rings is 1. The van der Waals surface area contributed by atoms with Gasteiger partial charge in [0.2, 0.25) is 0 Å². The third-order valence-electron chi connectivity index (χ3n) is 0.988. The number of hydrogen-bond acceptors (Lipinski definition) is 2. The number of halogens is 1. The van der Waals surface area contributed by atoms with Crippen LogP contribution in [0.3, 0.4) is 0 Å². The normalized spacial score (nSPS) is 8.00. The van der Waals surface area contributed by atoms with Crippen LogP contribution in [0, 0.1) is 0 Å². The van der Waals surface area contributed by atoms with Crippen molar-refractivity contribution >= 4 is 36.1 Å². The van der Waals surface area contributed by atoms with E-state index in [0.29, 0.717) is 0 Å². The summed E-state index contributed by atoms with van der Waals surface area (Å²) >= 11 is 3.71. The minimum absolute atomic E-state index is 0. The van der Waals surface area contributed by atoms with Crippen LogP contribution >= 0.6 is 11.3 Å². The maximum atomic E-state index is 4.83. The van der Waals surface area contributed by atoms with E-state index in [1.807, 2.05) is 35.6 Å². The summed E-state index contributed by atoms with van der Waals surface area (Å²) in [7, 11) is 0. The molecule has 1 aromatic heterocycles. The Morgan fingerprint density at radius 2 is 2.00 bits per heavy atom. The topological polar surface area (TPSA) is 9.23 Å². The quantitative estimate of drug-likeness (QED) is 0.595. The number of hydrogen-bond donors (Lipinski definition) is 0. The molecule has 1 aromatic rings. The Kier molecular flexibility index (Phi) is 15.3. The molecule has 0 aliphatic carbocycles. The van der Waals surface area contributed by atoms with Crippen LogP contribution in [0.4, 0.5) is 0 Å². The fourth-order valence-electron chi connectivity index (χ4n) is 0.517. The Balaban J connectivity index is 0. The summed E-state index contributed by atoms with van der Waals surface area (Å²) in [4.78, 5) is 0. The Morgan fingerprint density at radius 1 is 1.42 bits per heavy atom. The van der Waals surface area contributed by atoms with Crippen LogP contribution in [0.2, 0.25) is 0 Å². The van der Waals surface area contributed by atoms with Gasteiger partial charge in [0.05, 0.1) is 0 Å². The van der Waals surface area contributed by atoms with E-state index in [2.05, 4.69) is 17.5 Å². The molecule has 0 aliphatic heterocycles. The van der Waals surface area contributed by atoms with Crippen molar-refractivity contribution < 1.29 is 21.7 Å². The van der Waals surface area contributed by atoms with Gasteiger partial charge < -0.3 is 21.7 Å². The molecule has 0 fully saturated rings. The summed E-state index contributed by atoms with van der Waals surface area (Å²) in [6.07, 6.45) is 0. The summed E-state index contributed by atoms with van der Waals surface area (Å²) in [6.45, 7) is 5.67. The fourth-order valence-corrected chi connectivity index (χ4v) is 1.43. The number of rotatable bonds is 2. The van der Waals surface area contributed by atoms with Crippen LogP contribution in [-0.2, 0) is 4.74 Å². The average molecular weight is 261 g/mol. The molecule has 0 saturated carbocycles. The third-order valence-corrected chi connectivity index (χ3v) is 2.46. The molecule has 1 nitrogen and oxygen atoms in total. The van der Waals surface area contributed by atoms with Gasteiger partial charge in [-0.05, 0) is 13.8 Å². The summed E-state index contributed by atoms with van der Waals surface area (Å²) in [5.74, 6) is 0. The molecule has 0 aliphatic rings. The van der Waals surface area contributed by atoms with Crippen molar-refractivity contribution in [3.05, 3.63) is 17.5 Å². The van der Waals surface area contributed by atoms with Crippen molar-refractivity contribution in [1.29, 1.82) is 0 Å². The van der Waals surface area contributed by atoms with Gasteiger partial charge >= 0.3 is 53.6 Å². The van der Waals surface area contributed by atoms with Gasteiger partial charge in [-0.15, -0.1) is 0 Å². The summed E-state index contributed by atoms with van der Waals surface area (Å²) in [6, 6.07) is 4.18. The molecular formula is C8H13BrMgOS. The molecule has 1 heterocycles. The van der Waals surface area contributed by atoms with Crippen molar-refractivity contribution in [2.75, 3.05) is 13.2 Å². The molecule has 0 amide bonds. The van der Waals surface area contributed by atoms with E-state index < -0.39 is 0 Å². The summed E-state index contributed by atoms with van der Waals surface area (Å²) in [5.41, 5.74) is 0. The van der Waals surface area contributed by atoms with E-state index in [9.17, 15) is 0 Å². The third kappa shape index (κ3) is 10.9. The van der Waals surface area contributed by atoms with Crippen molar-refractivity contribution in [2.24, 2.45) is 0 Å². The van der Waals surface area contributed by atoms with Crippen LogP contribution < -0.4 is 20.0 Å². The molecule has 66 valence electrons. The minimum atomic E-state index is 0. The van der Waals surface area contributed by atoms with Crippen LogP contribution in [0.15, 0.2) is 17.5 Å². The molecule has 12 heavy (non-hydrogen) atoms. The first-order valence-corrected chi connectivity index (χ1v) is 5.33. The van der Waals surface area contributed by atoms with E-state index in [-0.39, 0.29) is 17.0 Å². The summed E-state index contributed by atoms with van der Waals surface area (Å²) < 4.78 is 6.25. The van der Waals surface area contributed by atoms with Crippen molar-refractivity contribution in [3.63, 3.8) is 0 Å². The van der Waals surface area contributed by atoms with Crippen molar-refractivity contribution in [3.8, 4) is 0 Å². The predicted molar refractivity (Wildman–Crippen MR) is 51.9 cm³/mol. The van der Waals surface area contributed by atoms with Gasteiger partial charge in [-0.25, -0.2) is 0 Å². The zero-order valence-electron chi connectivity index (χ0n) is 7.55. The van der Waals surface area contributed by atoms with Crippen molar-refractivity contribution in [2.45, 2.75) is 13.8 Å². The first-order chi connectivity index (χ1) is 5.31. The molecule has 0 bridgehead atoms. The molecule has 0 aromatic carbocycles. The van der Waals surface area contributed by atoms with E-state index in [4.69, 9.17) is 4.74 Å². The standard InChI is InChI=1S/C4H10O.C4H3S.BrH.Mg/c1-3-5-4-2;1-2-4-5-3-1;;/h3-4H2,1-2H3;1-3H;1H;/q;;;+1/p-1. The second kappa shape index (κ2) is 11.9. The Hall–Kier alpha value is 0.906. The molecule has 0 saturated heterocycles. The number of ether oxygens (including phenoxy) is 1. The Bertz CT molecular complexity index is 154. The van der Waals surface area contributed by atoms with E-state index in [1.54, 1.807) is 11.3 Å². The van der Waals surface area contributed by atoms with E-state index in [0.717, 1.165) is 13.2 Å². The molecule has 0 N–H and O–H groups in total. The molecule has 1 rings (SSSR count). The average Bonchev–Trinajstić information content (AvgIpc) is 2.43. The second-order valence-electron chi connectivity index (χ2n) is 1.86. The van der Waals surface area contributed by atoms with Gasteiger partial charge in [0.1, 0.15) is 0 Å². The summed E-state index contributed by atoms with van der Waals surface area (Å²) in [5, 5.41) is 2.09. The molecular weight excluding hydrogens is 248 g/mol. The van der Waals surface area contributed by atoms with Crippen LogP contribution in [0.1, 0.15) is 13.8 Å². The van der Waals surface area contributed by atoms with Gasteiger partial charge in [0, 0.05) is 13.2 Å². The van der Waals surface area contributed by atoms with Gasteiger partial charge in [-0.2, -0.15) is 0 Å². The van der Waals surface area contributed by atoms with E-state index in [1.165, 1.54) is 3.01 Å². The zero-order chi connectivity index (χ0) is 8.53. The molecule has 0 atom stereocenters. The maximum absolute atomic E-state index is 4.83. The molecule has 4 heteroatoms. The first-order valence-electron chi connectivity index (χ1n) is 3.74.